The molecule has 0 N–H and O–H groups in total. The Morgan fingerprint density at radius 1 is 1.35 bits per heavy atom. The summed E-state index contributed by atoms with van der Waals surface area (Å²) in [6, 6.07) is 0.478. The van der Waals surface area contributed by atoms with Crippen molar-refractivity contribution in [3.63, 3.8) is 0 Å². The van der Waals surface area contributed by atoms with Gasteiger partial charge in [-0.25, -0.2) is 4.98 Å². The summed E-state index contributed by atoms with van der Waals surface area (Å²) in [5.41, 5.74) is 3.25. The second kappa shape index (κ2) is 6.43. The van der Waals surface area contributed by atoms with Crippen molar-refractivity contribution < 1.29 is 9.47 Å². The molecule has 1 saturated heterocycles. The highest BCUT2D eigenvalue weighted by molar-refractivity contribution is 7.09. The lowest BCUT2D eigenvalue weighted by atomic mass is 9.79. The zero-order chi connectivity index (χ0) is 15.9. The Labute approximate surface area is 143 Å². The molecule has 0 spiro atoms. The van der Waals surface area contributed by atoms with E-state index < -0.39 is 0 Å². The molecule has 2 saturated carbocycles. The van der Waals surface area contributed by atoms with Crippen LogP contribution >= 0.6 is 11.3 Å². The summed E-state index contributed by atoms with van der Waals surface area (Å²) >= 11 is 1.75. The van der Waals surface area contributed by atoms with Crippen LogP contribution in [0.15, 0.2) is 5.51 Å². The zero-order valence-electron chi connectivity index (χ0n) is 14.3. The van der Waals surface area contributed by atoms with Gasteiger partial charge in [-0.3, -0.25) is 4.90 Å². The zero-order valence-corrected chi connectivity index (χ0v) is 15.1. The van der Waals surface area contributed by atoms with Crippen LogP contribution in [0.5, 0.6) is 0 Å². The Balaban J connectivity index is 1.44. The molecule has 3 atom stereocenters. The number of aryl methyl sites for hydroxylation is 1. The fourth-order valence-electron chi connectivity index (χ4n) is 4.33. The molecule has 0 radical (unpaired) electrons. The fourth-order valence-corrected chi connectivity index (χ4v) is 4.92. The maximum Gasteiger partial charge on any atom is 0.0847 e. The van der Waals surface area contributed by atoms with Gasteiger partial charge in [0, 0.05) is 37.7 Å². The van der Waals surface area contributed by atoms with Crippen LogP contribution in [0.2, 0.25) is 0 Å². The van der Waals surface area contributed by atoms with E-state index >= 15 is 0 Å². The molecule has 1 aromatic heterocycles. The largest absolute Gasteiger partial charge is 0.378 e. The molecule has 2 heterocycles. The van der Waals surface area contributed by atoms with Crippen LogP contribution in [0, 0.1) is 12.8 Å². The first-order chi connectivity index (χ1) is 11.2. The summed E-state index contributed by atoms with van der Waals surface area (Å²) in [6.45, 7) is 5.23. The molecule has 3 aliphatic rings. The number of hydrogen-bond donors (Lipinski definition) is 0. The molecule has 5 heteroatoms. The van der Waals surface area contributed by atoms with Crippen LogP contribution in [0.4, 0.5) is 0 Å². The molecule has 4 rings (SSSR count). The second-order valence-electron chi connectivity index (χ2n) is 7.53. The van der Waals surface area contributed by atoms with E-state index in [0.717, 1.165) is 51.3 Å². The first-order valence-electron chi connectivity index (χ1n) is 9.00. The number of likely N-dealkylation sites (tertiary alicyclic amines) is 1. The van der Waals surface area contributed by atoms with Crippen LogP contribution in [0.25, 0.3) is 0 Å². The van der Waals surface area contributed by atoms with Crippen LogP contribution in [0.1, 0.15) is 49.1 Å². The second-order valence-corrected chi connectivity index (χ2v) is 8.59. The molecule has 3 fully saturated rings. The standard InChI is InChI=1S/C18H28N2O2S/c1-13-16(19-12-23-13)10-20-8-7-18(21-2)6-5-15(9-17(18)20)22-11-14-3-4-14/h12,14-15,17H,3-11H2,1-2H3/t15-,17-,18+/m0/s1. The van der Waals surface area contributed by atoms with Gasteiger partial charge in [-0.05, 0) is 51.4 Å². The number of ether oxygens (including phenoxy) is 2. The van der Waals surface area contributed by atoms with Crippen LogP contribution < -0.4 is 0 Å². The highest BCUT2D eigenvalue weighted by atomic mass is 32.1. The van der Waals surface area contributed by atoms with Gasteiger partial charge in [0.15, 0.2) is 0 Å². The van der Waals surface area contributed by atoms with Crippen molar-refractivity contribution in [2.75, 3.05) is 20.3 Å². The number of methoxy groups -OCH3 is 1. The van der Waals surface area contributed by atoms with E-state index in [9.17, 15) is 0 Å². The van der Waals surface area contributed by atoms with E-state index in [1.54, 1.807) is 11.3 Å². The van der Waals surface area contributed by atoms with Crippen LogP contribution in [-0.4, -0.2) is 47.9 Å². The van der Waals surface area contributed by atoms with E-state index in [-0.39, 0.29) is 5.60 Å². The summed E-state index contributed by atoms with van der Waals surface area (Å²) < 4.78 is 12.3. The number of aromatic nitrogens is 1. The minimum atomic E-state index is 0.0450. The van der Waals surface area contributed by atoms with Gasteiger partial charge in [-0.2, -0.15) is 0 Å². The van der Waals surface area contributed by atoms with Crippen molar-refractivity contribution in [3.05, 3.63) is 16.1 Å². The first kappa shape index (κ1) is 16.0. The minimum absolute atomic E-state index is 0.0450. The SMILES string of the molecule is CO[C@@]12CC[C@H](OCC3CC3)C[C@@H]1N(Cc1ncsc1C)CC2. The molecule has 0 aromatic carbocycles. The number of hydrogen-bond acceptors (Lipinski definition) is 5. The summed E-state index contributed by atoms with van der Waals surface area (Å²) in [6.07, 6.45) is 7.70. The van der Waals surface area contributed by atoms with E-state index in [2.05, 4.69) is 16.8 Å². The number of nitrogens with zero attached hydrogens (tertiary/aromatic N) is 2. The van der Waals surface area contributed by atoms with Gasteiger partial charge >= 0.3 is 0 Å². The quantitative estimate of drug-likeness (QED) is 0.797. The highest BCUT2D eigenvalue weighted by Crippen LogP contribution is 2.44. The average Bonchev–Trinajstić information content (AvgIpc) is 3.22. The third-order valence-electron chi connectivity index (χ3n) is 6.11. The summed E-state index contributed by atoms with van der Waals surface area (Å²) in [4.78, 5) is 8.50. The molecular weight excluding hydrogens is 308 g/mol. The lowest BCUT2D eigenvalue weighted by Crippen LogP contribution is -2.51. The molecule has 128 valence electrons. The predicted octanol–water partition coefficient (Wildman–Crippen LogP) is 3.39. The Morgan fingerprint density at radius 3 is 2.91 bits per heavy atom. The van der Waals surface area contributed by atoms with Crippen molar-refractivity contribution in [1.82, 2.24) is 9.88 Å². The molecule has 0 bridgehead atoms. The highest BCUT2D eigenvalue weighted by Gasteiger charge is 2.51. The Bertz CT molecular complexity index is 545. The van der Waals surface area contributed by atoms with Gasteiger partial charge in [0.25, 0.3) is 0 Å². The van der Waals surface area contributed by atoms with E-state index in [1.807, 2.05) is 12.6 Å². The topological polar surface area (TPSA) is 34.6 Å². The van der Waals surface area contributed by atoms with E-state index in [1.165, 1.54) is 23.4 Å². The Hall–Kier alpha value is -0.490. The normalized spacial score (nSPS) is 34.7. The number of rotatable bonds is 6. The average molecular weight is 337 g/mol. The first-order valence-corrected chi connectivity index (χ1v) is 9.88. The number of thiazole rings is 1. The maximum absolute atomic E-state index is 6.22. The van der Waals surface area contributed by atoms with E-state index in [4.69, 9.17) is 9.47 Å². The number of fused-ring (bicyclic) bond motifs is 1. The van der Waals surface area contributed by atoms with Gasteiger partial charge in [0.2, 0.25) is 0 Å². The third-order valence-corrected chi connectivity index (χ3v) is 6.91. The van der Waals surface area contributed by atoms with Gasteiger partial charge in [0.1, 0.15) is 0 Å². The summed E-state index contributed by atoms with van der Waals surface area (Å²) in [7, 11) is 1.90. The monoisotopic (exact) mass is 336 g/mol. The molecule has 2 aliphatic carbocycles. The van der Waals surface area contributed by atoms with Crippen LogP contribution in [0.3, 0.4) is 0 Å². The predicted molar refractivity (Wildman–Crippen MR) is 91.7 cm³/mol. The van der Waals surface area contributed by atoms with Crippen molar-refractivity contribution in [2.45, 2.75) is 69.7 Å². The fraction of sp³-hybridized carbons (Fsp3) is 0.833. The third kappa shape index (κ3) is 3.21. The van der Waals surface area contributed by atoms with Gasteiger partial charge in [-0.1, -0.05) is 0 Å². The summed E-state index contributed by atoms with van der Waals surface area (Å²) in [5.74, 6) is 0.849. The Morgan fingerprint density at radius 2 is 2.22 bits per heavy atom. The minimum Gasteiger partial charge on any atom is -0.378 e. The van der Waals surface area contributed by atoms with Crippen LogP contribution in [-0.2, 0) is 16.0 Å². The molecule has 0 amide bonds. The van der Waals surface area contributed by atoms with Gasteiger partial charge in [0.05, 0.1) is 22.9 Å². The lowest BCUT2D eigenvalue weighted by molar-refractivity contribution is -0.103. The Kier molecular flexibility index (Phi) is 4.47. The molecule has 1 aliphatic heterocycles. The van der Waals surface area contributed by atoms with Crippen molar-refractivity contribution in [1.29, 1.82) is 0 Å². The van der Waals surface area contributed by atoms with E-state index in [0.29, 0.717) is 12.1 Å². The lowest BCUT2D eigenvalue weighted by Gasteiger charge is -2.43. The smallest absolute Gasteiger partial charge is 0.0847 e. The van der Waals surface area contributed by atoms with Gasteiger partial charge in [-0.15, -0.1) is 11.3 Å². The molecule has 4 nitrogen and oxygen atoms in total. The summed E-state index contributed by atoms with van der Waals surface area (Å²) in [5, 5.41) is 0. The maximum atomic E-state index is 6.22. The molecule has 1 aromatic rings. The molecular formula is C18H28N2O2S. The molecule has 23 heavy (non-hydrogen) atoms. The van der Waals surface area contributed by atoms with Crippen molar-refractivity contribution in [2.24, 2.45) is 5.92 Å². The van der Waals surface area contributed by atoms with Crippen molar-refractivity contribution >= 4 is 11.3 Å². The van der Waals surface area contributed by atoms with Crippen molar-refractivity contribution in [3.8, 4) is 0 Å². The van der Waals surface area contributed by atoms with Gasteiger partial charge < -0.3 is 9.47 Å². The molecule has 0 unspecified atom stereocenters.